The number of nitrogens with zero attached hydrogens (tertiary/aromatic N) is 3. The molecule has 0 unspecified atom stereocenters. The lowest BCUT2D eigenvalue weighted by atomic mass is 10.1. The number of rotatable bonds is 5. The first-order valence-electron chi connectivity index (χ1n) is 8.91. The standard InChI is InChI=1S/C18H17Cl2N3O4S2/c19-12-8-14(20)17-21-13(10-22(17)9-12)11-27-18(24)15-4-1-2-6-23(15)29(25,26)16-5-3-7-28-16/h3,5,7-10,15H,1-2,4,6,11H2/t15-/m1/s1. The molecule has 1 saturated heterocycles. The van der Waals surface area contributed by atoms with Gasteiger partial charge < -0.3 is 9.14 Å². The molecule has 4 rings (SSSR count). The van der Waals surface area contributed by atoms with Gasteiger partial charge in [0.25, 0.3) is 10.0 Å². The zero-order valence-corrected chi connectivity index (χ0v) is 18.3. The summed E-state index contributed by atoms with van der Waals surface area (Å²) in [6.45, 7) is 0.209. The second kappa shape index (κ2) is 8.23. The van der Waals surface area contributed by atoms with Crippen LogP contribution >= 0.6 is 34.5 Å². The number of hydrogen-bond donors (Lipinski definition) is 0. The zero-order chi connectivity index (χ0) is 20.6. The summed E-state index contributed by atoms with van der Waals surface area (Å²) in [5, 5.41) is 2.54. The van der Waals surface area contributed by atoms with Crippen LogP contribution in [-0.2, 0) is 26.2 Å². The maximum Gasteiger partial charge on any atom is 0.324 e. The van der Waals surface area contributed by atoms with Crippen molar-refractivity contribution in [2.24, 2.45) is 0 Å². The summed E-state index contributed by atoms with van der Waals surface area (Å²) in [6, 6.07) is 3.96. The van der Waals surface area contributed by atoms with Gasteiger partial charge in [-0.1, -0.05) is 29.3 Å². The van der Waals surface area contributed by atoms with Crippen molar-refractivity contribution in [2.75, 3.05) is 6.54 Å². The number of aromatic nitrogens is 2. The molecule has 3 aromatic heterocycles. The first-order chi connectivity index (χ1) is 13.9. The van der Waals surface area contributed by atoms with Crippen molar-refractivity contribution in [1.29, 1.82) is 0 Å². The number of carbonyl (C=O) groups is 1. The minimum Gasteiger partial charge on any atom is -0.458 e. The molecule has 29 heavy (non-hydrogen) atoms. The molecule has 3 aromatic rings. The molecule has 0 N–H and O–H groups in total. The number of thiophene rings is 1. The summed E-state index contributed by atoms with van der Waals surface area (Å²) in [4.78, 5) is 17.1. The van der Waals surface area contributed by atoms with E-state index in [1.165, 1.54) is 4.31 Å². The Bertz CT molecular complexity index is 1150. The SMILES string of the molecule is O=C(OCc1cn2cc(Cl)cc(Cl)c2n1)[C@H]1CCCCN1S(=O)(=O)c1cccs1. The van der Waals surface area contributed by atoms with Crippen molar-refractivity contribution in [3.8, 4) is 0 Å². The molecule has 0 aliphatic carbocycles. The summed E-state index contributed by atoms with van der Waals surface area (Å²) < 4.78 is 34.4. The highest BCUT2D eigenvalue weighted by Crippen LogP contribution is 2.29. The number of ether oxygens (including phenoxy) is 1. The predicted octanol–water partition coefficient (Wildman–Crippen LogP) is 3.99. The number of halogens is 2. The fraction of sp³-hybridized carbons (Fsp3) is 0.333. The summed E-state index contributed by atoms with van der Waals surface area (Å²) >= 11 is 13.2. The van der Waals surface area contributed by atoms with E-state index in [4.69, 9.17) is 27.9 Å². The van der Waals surface area contributed by atoms with Gasteiger partial charge in [0.15, 0.2) is 5.65 Å². The van der Waals surface area contributed by atoms with Crippen LogP contribution in [-0.4, -0.2) is 40.7 Å². The topological polar surface area (TPSA) is 81.0 Å². The third-order valence-corrected chi connectivity index (χ3v) is 8.43. The van der Waals surface area contributed by atoms with Crippen molar-refractivity contribution in [1.82, 2.24) is 13.7 Å². The number of hydrogen-bond acceptors (Lipinski definition) is 6. The molecule has 4 heterocycles. The summed E-state index contributed by atoms with van der Waals surface area (Å²) in [6.07, 6.45) is 5.22. The lowest BCUT2D eigenvalue weighted by Gasteiger charge is -2.32. The number of pyridine rings is 1. The van der Waals surface area contributed by atoms with E-state index >= 15 is 0 Å². The quantitative estimate of drug-likeness (QED) is 0.523. The number of imidazole rings is 1. The van der Waals surface area contributed by atoms with Gasteiger partial charge >= 0.3 is 5.97 Å². The Kier molecular flexibility index (Phi) is 5.85. The number of esters is 1. The highest BCUT2D eigenvalue weighted by Gasteiger charge is 2.39. The van der Waals surface area contributed by atoms with Crippen molar-refractivity contribution >= 4 is 56.2 Å². The van der Waals surface area contributed by atoms with Gasteiger partial charge in [0, 0.05) is 18.9 Å². The van der Waals surface area contributed by atoms with Crippen LogP contribution in [0, 0.1) is 0 Å². The average Bonchev–Trinajstić information content (AvgIpc) is 3.36. The molecule has 0 bridgehead atoms. The average molecular weight is 474 g/mol. The van der Waals surface area contributed by atoms with Gasteiger partial charge in [-0.25, -0.2) is 13.4 Å². The smallest absolute Gasteiger partial charge is 0.324 e. The van der Waals surface area contributed by atoms with Crippen LogP contribution in [0.15, 0.2) is 40.2 Å². The molecule has 0 aromatic carbocycles. The molecule has 154 valence electrons. The van der Waals surface area contributed by atoms with Crippen molar-refractivity contribution in [3.05, 3.63) is 51.7 Å². The third kappa shape index (κ3) is 4.15. The molecule has 1 atom stereocenters. The second-order valence-electron chi connectivity index (χ2n) is 6.64. The molecule has 7 nitrogen and oxygen atoms in total. The van der Waals surface area contributed by atoms with Crippen LogP contribution in [0.5, 0.6) is 0 Å². The van der Waals surface area contributed by atoms with Crippen molar-refractivity contribution in [3.63, 3.8) is 0 Å². The molecule has 0 saturated carbocycles. The Hall–Kier alpha value is -1.65. The number of carbonyl (C=O) groups excluding carboxylic acids is 1. The zero-order valence-electron chi connectivity index (χ0n) is 15.1. The molecular weight excluding hydrogens is 457 g/mol. The highest BCUT2D eigenvalue weighted by atomic mass is 35.5. The predicted molar refractivity (Wildman–Crippen MR) is 111 cm³/mol. The van der Waals surface area contributed by atoms with Crippen molar-refractivity contribution in [2.45, 2.75) is 36.1 Å². The molecule has 0 spiro atoms. The van der Waals surface area contributed by atoms with Crippen LogP contribution in [0.4, 0.5) is 0 Å². The van der Waals surface area contributed by atoms with Crippen LogP contribution in [0.3, 0.4) is 0 Å². The molecule has 11 heteroatoms. The normalized spacial score (nSPS) is 18.2. The number of sulfonamides is 1. The molecule has 0 radical (unpaired) electrons. The van der Waals surface area contributed by atoms with E-state index < -0.39 is 22.0 Å². The van der Waals surface area contributed by atoms with Gasteiger partial charge in [-0.05, 0) is 36.8 Å². The molecule has 1 fully saturated rings. The van der Waals surface area contributed by atoms with E-state index in [1.54, 1.807) is 40.4 Å². The van der Waals surface area contributed by atoms with Crippen LogP contribution in [0.2, 0.25) is 10.0 Å². The Balaban J connectivity index is 1.50. The molecule has 0 amide bonds. The lowest BCUT2D eigenvalue weighted by molar-refractivity contribution is -0.150. The fourth-order valence-electron chi connectivity index (χ4n) is 3.34. The largest absolute Gasteiger partial charge is 0.458 e. The Morgan fingerprint density at radius 3 is 2.90 bits per heavy atom. The maximum absolute atomic E-state index is 12.9. The summed E-state index contributed by atoms with van der Waals surface area (Å²) in [5.41, 5.74) is 0.993. The van der Waals surface area contributed by atoms with Gasteiger partial charge in [-0.15, -0.1) is 11.3 Å². The second-order valence-corrected chi connectivity index (χ2v) is 10.5. The highest BCUT2D eigenvalue weighted by molar-refractivity contribution is 7.91. The van der Waals surface area contributed by atoms with Gasteiger partial charge in [0.1, 0.15) is 16.9 Å². The van der Waals surface area contributed by atoms with E-state index in [0.29, 0.717) is 40.8 Å². The monoisotopic (exact) mass is 473 g/mol. The summed E-state index contributed by atoms with van der Waals surface area (Å²) in [5.74, 6) is -0.578. The van der Waals surface area contributed by atoms with Gasteiger partial charge in [0.2, 0.25) is 0 Å². The maximum atomic E-state index is 12.9. The fourth-order valence-corrected chi connectivity index (χ4v) is 6.63. The summed E-state index contributed by atoms with van der Waals surface area (Å²) in [7, 11) is -3.73. The van der Waals surface area contributed by atoms with Crippen LogP contribution < -0.4 is 0 Å². The first-order valence-corrected chi connectivity index (χ1v) is 12.0. The van der Waals surface area contributed by atoms with E-state index in [2.05, 4.69) is 4.98 Å². The minimum atomic E-state index is -3.73. The van der Waals surface area contributed by atoms with Crippen LogP contribution in [0.1, 0.15) is 25.0 Å². The Labute approximate surface area is 181 Å². The van der Waals surface area contributed by atoms with E-state index in [0.717, 1.165) is 17.8 Å². The van der Waals surface area contributed by atoms with E-state index in [1.807, 2.05) is 0 Å². The minimum absolute atomic E-state index is 0.0855. The third-order valence-electron chi connectivity index (χ3n) is 4.67. The number of piperidine rings is 1. The van der Waals surface area contributed by atoms with Crippen LogP contribution in [0.25, 0.3) is 5.65 Å². The van der Waals surface area contributed by atoms with E-state index in [-0.39, 0.29) is 10.8 Å². The number of fused-ring (bicyclic) bond motifs is 1. The van der Waals surface area contributed by atoms with E-state index in [9.17, 15) is 13.2 Å². The molecule has 1 aliphatic heterocycles. The van der Waals surface area contributed by atoms with Gasteiger partial charge in [-0.2, -0.15) is 4.31 Å². The lowest BCUT2D eigenvalue weighted by Crippen LogP contribution is -2.48. The molecular formula is C18H17Cl2N3O4S2. The van der Waals surface area contributed by atoms with Gasteiger partial charge in [0.05, 0.1) is 15.7 Å². The first kappa shape index (κ1) is 20.6. The van der Waals surface area contributed by atoms with Gasteiger partial charge in [-0.3, -0.25) is 4.79 Å². The van der Waals surface area contributed by atoms with Crippen molar-refractivity contribution < 1.29 is 17.9 Å². The molecule has 1 aliphatic rings. The Morgan fingerprint density at radius 2 is 2.14 bits per heavy atom. The Morgan fingerprint density at radius 1 is 1.31 bits per heavy atom.